The fourth-order valence-electron chi connectivity index (χ4n) is 1.74. The molecule has 1 fully saturated rings. The molecule has 1 aromatic carbocycles. The number of nitro groups is 1. The summed E-state index contributed by atoms with van der Waals surface area (Å²) in [4.78, 5) is 32.6. The molecule has 0 saturated heterocycles. The van der Waals surface area contributed by atoms with Crippen LogP contribution in [-0.2, 0) is 4.79 Å². The molecule has 0 radical (unpaired) electrons. The van der Waals surface area contributed by atoms with Gasteiger partial charge in [0.05, 0.1) is 10.3 Å². The summed E-state index contributed by atoms with van der Waals surface area (Å²) in [6.07, 6.45) is 1.08. The standard InChI is InChI=1S/C12H13N3O5/c16-10(17)12(4-5-12)7-13-11(18)14-8-2-1-3-9(6-8)15(19)20/h1-3,6H,4-5,7H2,(H,16,17)(H2,13,14,18). The summed E-state index contributed by atoms with van der Waals surface area (Å²) in [6, 6.07) is 4.92. The van der Waals surface area contributed by atoms with Crippen LogP contribution in [0.2, 0.25) is 0 Å². The van der Waals surface area contributed by atoms with E-state index < -0.39 is 22.3 Å². The van der Waals surface area contributed by atoms with Crippen molar-refractivity contribution in [1.82, 2.24) is 5.32 Å². The highest BCUT2D eigenvalue weighted by Crippen LogP contribution is 2.45. The molecule has 1 saturated carbocycles. The van der Waals surface area contributed by atoms with Crippen molar-refractivity contribution < 1.29 is 19.6 Å². The smallest absolute Gasteiger partial charge is 0.319 e. The number of nitrogens with zero attached hydrogens (tertiary/aromatic N) is 1. The highest BCUT2D eigenvalue weighted by atomic mass is 16.6. The molecule has 106 valence electrons. The third-order valence-electron chi connectivity index (χ3n) is 3.21. The van der Waals surface area contributed by atoms with E-state index in [1.54, 1.807) is 0 Å². The zero-order chi connectivity index (χ0) is 14.8. The number of carbonyl (C=O) groups is 2. The Kier molecular flexibility index (Phi) is 3.55. The number of aliphatic carboxylic acids is 1. The Hall–Kier alpha value is -2.64. The van der Waals surface area contributed by atoms with Gasteiger partial charge in [-0.15, -0.1) is 0 Å². The van der Waals surface area contributed by atoms with Gasteiger partial charge in [0.1, 0.15) is 0 Å². The highest BCUT2D eigenvalue weighted by molar-refractivity contribution is 5.90. The van der Waals surface area contributed by atoms with Gasteiger partial charge in [-0.2, -0.15) is 0 Å². The van der Waals surface area contributed by atoms with Crippen LogP contribution in [0.15, 0.2) is 24.3 Å². The minimum absolute atomic E-state index is 0.0447. The lowest BCUT2D eigenvalue weighted by molar-refractivity contribution is -0.384. The number of carboxylic acid groups (broad SMARTS) is 1. The number of hydrogen-bond donors (Lipinski definition) is 3. The number of amides is 2. The molecule has 2 rings (SSSR count). The van der Waals surface area contributed by atoms with Crippen molar-refractivity contribution >= 4 is 23.4 Å². The Balaban J connectivity index is 1.90. The van der Waals surface area contributed by atoms with E-state index in [0.717, 1.165) is 0 Å². The molecular formula is C12H13N3O5. The lowest BCUT2D eigenvalue weighted by atomic mass is 10.1. The number of rotatable bonds is 5. The number of hydrogen-bond acceptors (Lipinski definition) is 4. The van der Waals surface area contributed by atoms with Gasteiger partial charge in [-0.05, 0) is 18.9 Å². The molecule has 0 bridgehead atoms. The second-order valence-corrected chi connectivity index (χ2v) is 4.70. The Morgan fingerprint density at radius 1 is 1.40 bits per heavy atom. The van der Waals surface area contributed by atoms with Crippen LogP contribution in [0.5, 0.6) is 0 Å². The Labute approximate surface area is 113 Å². The van der Waals surface area contributed by atoms with E-state index in [9.17, 15) is 19.7 Å². The topological polar surface area (TPSA) is 122 Å². The van der Waals surface area contributed by atoms with Crippen LogP contribution in [0.1, 0.15) is 12.8 Å². The van der Waals surface area contributed by atoms with Crippen molar-refractivity contribution in [3.8, 4) is 0 Å². The van der Waals surface area contributed by atoms with Crippen LogP contribution in [-0.4, -0.2) is 28.6 Å². The summed E-state index contributed by atoms with van der Waals surface area (Å²) in [7, 11) is 0. The molecule has 8 heteroatoms. The molecule has 1 aliphatic rings. The van der Waals surface area contributed by atoms with Crippen LogP contribution < -0.4 is 10.6 Å². The van der Waals surface area contributed by atoms with E-state index in [-0.39, 0.29) is 17.9 Å². The fourth-order valence-corrected chi connectivity index (χ4v) is 1.74. The predicted octanol–water partition coefficient (Wildman–Crippen LogP) is 1.58. The Morgan fingerprint density at radius 2 is 2.10 bits per heavy atom. The second-order valence-electron chi connectivity index (χ2n) is 4.70. The molecule has 0 aromatic heterocycles. The summed E-state index contributed by atoms with van der Waals surface area (Å²) in [5.41, 5.74) is -0.705. The highest BCUT2D eigenvalue weighted by Gasteiger charge is 2.50. The first-order chi connectivity index (χ1) is 9.43. The van der Waals surface area contributed by atoms with Gasteiger partial charge in [0.15, 0.2) is 0 Å². The third-order valence-corrected chi connectivity index (χ3v) is 3.21. The zero-order valence-electron chi connectivity index (χ0n) is 10.5. The van der Waals surface area contributed by atoms with Gasteiger partial charge in [0, 0.05) is 24.4 Å². The Bertz CT molecular complexity index is 568. The maximum absolute atomic E-state index is 11.6. The van der Waals surface area contributed by atoms with Gasteiger partial charge in [-0.1, -0.05) is 6.07 Å². The average Bonchev–Trinajstić information content (AvgIpc) is 3.18. The quantitative estimate of drug-likeness (QED) is 0.558. The average molecular weight is 279 g/mol. The van der Waals surface area contributed by atoms with E-state index >= 15 is 0 Å². The SMILES string of the molecule is O=C(NCC1(C(=O)O)CC1)Nc1cccc([N+](=O)[O-])c1. The van der Waals surface area contributed by atoms with Gasteiger partial charge in [0.25, 0.3) is 5.69 Å². The first kappa shape index (κ1) is 13.8. The number of carboxylic acids is 1. The van der Waals surface area contributed by atoms with Crippen LogP contribution in [0.4, 0.5) is 16.2 Å². The number of carbonyl (C=O) groups excluding carboxylic acids is 1. The molecule has 0 spiro atoms. The number of anilines is 1. The number of nitro benzene ring substituents is 1. The molecule has 8 nitrogen and oxygen atoms in total. The molecule has 0 atom stereocenters. The molecule has 0 aliphatic heterocycles. The van der Waals surface area contributed by atoms with E-state index in [4.69, 9.17) is 5.11 Å². The van der Waals surface area contributed by atoms with Gasteiger partial charge in [-0.3, -0.25) is 14.9 Å². The molecule has 0 unspecified atom stereocenters. The lowest BCUT2D eigenvalue weighted by Gasteiger charge is -2.11. The van der Waals surface area contributed by atoms with Crippen molar-refractivity contribution in [2.75, 3.05) is 11.9 Å². The molecule has 1 aliphatic carbocycles. The first-order valence-electron chi connectivity index (χ1n) is 5.96. The summed E-state index contributed by atoms with van der Waals surface area (Å²) in [5.74, 6) is -0.923. The van der Waals surface area contributed by atoms with Crippen LogP contribution >= 0.6 is 0 Å². The van der Waals surface area contributed by atoms with E-state index in [2.05, 4.69) is 10.6 Å². The summed E-state index contributed by atoms with van der Waals surface area (Å²) in [6.45, 7) is 0.0447. The van der Waals surface area contributed by atoms with Gasteiger partial charge in [0.2, 0.25) is 0 Å². The van der Waals surface area contributed by atoms with Gasteiger partial charge >= 0.3 is 12.0 Å². The van der Waals surface area contributed by atoms with Crippen LogP contribution in [0.3, 0.4) is 0 Å². The van der Waals surface area contributed by atoms with Crippen molar-refractivity contribution in [3.05, 3.63) is 34.4 Å². The van der Waals surface area contributed by atoms with E-state index in [1.165, 1.54) is 24.3 Å². The van der Waals surface area contributed by atoms with Gasteiger partial charge in [-0.25, -0.2) is 4.79 Å². The maximum Gasteiger partial charge on any atom is 0.319 e. The number of urea groups is 1. The molecule has 0 heterocycles. The van der Waals surface area contributed by atoms with Crippen molar-refractivity contribution in [1.29, 1.82) is 0 Å². The zero-order valence-corrected chi connectivity index (χ0v) is 10.5. The third kappa shape index (κ3) is 3.02. The number of benzene rings is 1. The maximum atomic E-state index is 11.6. The van der Waals surface area contributed by atoms with Crippen molar-refractivity contribution in [2.45, 2.75) is 12.8 Å². The van der Waals surface area contributed by atoms with E-state index in [1.807, 2.05) is 0 Å². The molecular weight excluding hydrogens is 266 g/mol. The lowest BCUT2D eigenvalue weighted by Crippen LogP contribution is -2.36. The summed E-state index contributed by atoms with van der Waals surface area (Å²) >= 11 is 0. The van der Waals surface area contributed by atoms with Crippen molar-refractivity contribution in [3.63, 3.8) is 0 Å². The minimum atomic E-state index is -0.923. The normalized spacial score (nSPS) is 15.2. The molecule has 20 heavy (non-hydrogen) atoms. The monoisotopic (exact) mass is 279 g/mol. The summed E-state index contributed by atoms with van der Waals surface area (Å²) < 4.78 is 0. The number of non-ortho nitro benzene ring substituents is 1. The largest absolute Gasteiger partial charge is 0.481 e. The Morgan fingerprint density at radius 3 is 2.65 bits per heavy atom. The number of nitrogens with one attached hydrogen (secondary N) is 2. The van der Waals surface area contributed by atoms with Crippen LogP contribution in [0, 0.1) is 15.5 Å². The second kappa shape index (κ2) is 5.16. The minimum Gasteiger partial charge on any atom is -0.481 e. The molecule has 2 amide bonds. The van der Waals surface area contributed by atoms with E-state index in [0.29, 0.717) is 12.8 Å². The fraction of sp³-hybridized carbons (Fsp3) is 0.333. The molecule has 3 N–H and O–H groups in total. The predicted molar refractivity (Wildman–Crippen MR) is 69.4 cm³/mol. The molecule has 1 aromatic rings. The first-order valence-corrected chi connectivity index (χ1v) is 5.96. The van der Waals surface area contributed by atoms with Gasteiger partial charge < -0.3 is 15.7 Å². The van der Waals surface area contributed by atoms with Crippen LogP contribution in [0.25, 0.3) is 0 Å². The summed E-state index contributed by atoms with van der Waals surface area (Å²) in [5, 5.41) is 24.4. The van der Waals surface area contributed by atoms with Crippen molar-refractivity contribution in [2.24, 2.45) is 5.41 Å².